The van der Waals surface area contributed by atoms with E-state index in [0.717, 1.165) is 11.1 Å². The van der Waals surface area contributed by atoms with Crippen molar-refractivity contribution in [2.24, 2.45) is 7.05 Å². The van der Waals surface area contributed by atoms with E-state index in [2.05, 4.69) is 10.1 Å². The fourth-order valence-electron chi connectivity index (χ4n) is 2.73. The highest BCUT2D eigenvalue weighted by Gasteiger charge is 2.47. The molecule has 3 rings (SSSR count). The molecule has 0 saturated carbocycles. The molecular weight excluding hydrogens is 291 g/mol. The van der Waals surface area contributed by atoms with Crippen LogP contribution in [-0.2, 0) is 11.8 Å². The van der Waals surface area contributed by atoms with E-state index in [-0.39, 0.29) is 13.0 Å². The van der Waals surface area contributed by atoms with Gasteiger partial charge in [-0.05, 0) is 13.0 Å². The number of aromatic nitrogens is 3. The fraction of sp³-hybridized carbons (Fsp3) is 0.429. The number of aryl methyl sites for hydroxylation is 2. The number of likely N-dealkylation sites (tertiary alicyclic amines) is 1. The van der Waals surface area contributed by atoms with Crippen molar-refractivity contribution in [3.8, 4) is 0 Å². The monoisotopic (exact) mass is 306 g/mol. The van der Waals surface area contributed by atoms with Crippen LogP contribution >= 0.6 is 0 Å². The summed E-state index contributed by atoms with van der Waals surface area (Å²) in [5.41, 5.74) is -0.664. The minimum absolute atomic E-state index is 0.0751. The Bertz CT molecular complexity index is 788. The van der Waals surface area contributed by atoms with E-state index in [9.17, 15) is 14.0 Å². The van der Waals surface area contributed by atoms with Gasteiger partial charge in [-0.3, -0.25) is 9.48 Å². The van der Waals surface area contributed by atoms with Crippen molar-refractivity contribution in [1.82, 2.24) is 19.7 Å². The lowest BCUT2D eigenvalue weighted by Crippen LogP contribution is -2.38. The molecule has 1 N–H and O–H groups in total. The Morgan fingerprint density at radius 2 is 2.18 bits per heavy atom. The van der Waals surface area contributed by atoms with Crippen LogP contribution in [0.5, 0.6) is 0 Å². The molecule has 8 heteroatoms. The highest BCUT2D eigenvalue weighted by molar-refractivity contribution is 5.98. The molecule has 1 aliphatic heterocycles. The first kappa shape index (κ1) is 14.4. The third kappa shape index (κ3) is 2.11. The predicted octanol–water partition coefficient (Wildman–Crippen LogP) is 0.916. The summed E-state index contributed by atoms with van der Waals surface area (Å²) in [7, 11) is 1.76. The quantitative estimate of drug-likeness (QED) is 0.891. The number of nitrogens with zero attached hydrogens (tertiary/aromatic N) is 4. The van der Waals surface area contributed by atoms with Gasteiger partial charge in [0.1, 0.15) is 0 Å². The second-order valence-electron chi connectivity index (χ2n) is 5.55. The van der Waals surface area contributed by atoms with Gasteiger partial charge in [0.2, 0.25) is 5.67 Å². The number of pyridine rings is 1. The van der Waals surface area contributed by atoms with Gasteiger partial charge in [-0.25, -0.2) is 14.2 Å². The molecule has 1 fully saturated rings. The van der Waals surface area contributed by atoms with E-state index < -0.39 is 24.1 Å². The molecule has 1 amide bonds. The molecular formula is C14H15FN4O3. The summed E-state index contributed by atoms with van der Waals surface area (Å²) in [5.74, 6) is -1.95. The van der Waals surface area contributed by atoms with Gasteiger partial charge in [0.05, 0.1) is 17.8 Å². The number of carbonyl (C=O) groups is 2. The zero-order chi connectivity index (χ0) is 16.1. The van der Waals surface area contributed by atoms with E-state index in [1.807, 2.05) is 6.92 Å². The highest BCUT2D eigenvalue weighted by Crippen LogP contribution is 2.27. The largest absolute Gasteiger partial charge is 0.479 e. The first-order chi connectivity index (χ1) is 10.3. The molecule has 0 aliphatic carbocycles. The summed E-state index contributed by atoms with van der Waals surface area (Å²) in [6, 6.07) is 1.66. The van der Waals surface area contributed by atoms with Gasteiger partial charge >= 0.3 is 5.97 Å². The van der Waals surface area contributed by atoms with Crippen molar-refractivity contribution in [2.45, 2.75) is 19.0 Å². The fourth-order valence-corrected chi connectivity index (χ4v) is 2.73. The first-order valence-corrected chi connectivity index (χ1v) is 6.83. The van der Waals surface area contributed by atoms with Crippen molar-refractivity contribution < 1.29 is 19.1 Å². The topological polar surface area (TPSA) is 88.3 Å². The number of rotatable bonds is 2. The molecule has 0 spiro atoms. The van der Waals surface area contributed by atoms with Gasteiger partial charge in [-0.2, -0.15) is 5.10 Å². The van der Waals surface area contributed by atoms with E-state index in [0.29, 0.717) is 11.2 Å². The number of carboxylic acid groups (broad SMARTS) is 1. The van der Waals surface area contributed by atoms with E-state index in [1.165, 1.54) is 11.1 Å². The number of hydrogen-bond donors (Lipinski definition) is 1. The smallest absolute Gasteiger partial charge is 0.343 e. The summed E-state index contributed by atoms with van der Waals surface area (Å²) in [6.07, 6.45) is 1.21. The third-order valence-corrected chi connectivity index (χ3v) is 4.00. The van der Waals surface area contributed by atoms with E-state index >= 15 is 0 Å². The Morgan fingerprint density at radius 3 is 2.82 bits per heavy atom. The minimum atomic E-state index is -2.36. The summed E-state index contributed by atoms with van der Waals surface area (Å²) in [6.45, 7) is 1.45. The lowest BCUT2D eigenvalue weighted by atomic mass is 10.1. The van der Waals surface area contributed by atoms with Gasteiger partial charge in [0.25, 0.3) is 5.91 Å². The molecule has 1 aliphatic rings. The second kappa shape index (κ2) is 4.75. The summed E-state index contributed by atoms with van der Waals surface area (Å²) < 4.78 is 15.7. The molecule has 2 aromatic rings. The Balaban J connectivity index is 1.90. The molecule has 1 saturated heterocycles. The van der Waals surface area contributed by atoms with Gasteiger partial charge in [0, 0.05) is 31.6 Å². The van der Waals surface area contributed by atoms with Crippen LogP contribution in [0.4, 0.5) is 4.39 Å². The highest BCUT2D eigenvalue weighted by atomic mass is 19.1. The number of hydrogen-bond acceptors (Lipinski definition) is 4. The molecule has 2 aromatic heterocycles. The molecule has 1 unspecified atom stereocenters. The number of alkyl halides is 1. The molecule has 0 aromatic carbocycles. The number of fused-ring (bicyclic) bond motifs is 1. The maximum absolute atomic E-state index is 14.1. The summed E-state index contributed by atoms with van der Waals surface area (Å²) in [4.78, 5) is 28.8. The third-order valence-electron chi connectivity index (χ3n) is 4.00. The van der Waals surface area contributed by atoms with Crippen LogP contribution in [0.2, 0.25) is 0 Å². The molecule has 0 radical (unpaired) electrons. The van der Waals surface area contributed by atoms with Crippen molar-refractivity contribution in [3.05, 3.63) is 23.5 Å². The van der Waals surface area contributed by atoms with E-state index in [1.54, 1.807) is 17.8 Å². The lowest BCUT2D eigenvalue weighted by Gasteiger charge is -2.17. The SMILES string of the molecule is Cc1nn(C)c2ncc(C(=O)N3CCC(F)(C(=O)O)C3)cc12. The number of amides is 1. The van der Waals surface area contributed by atoms with Crippen molar-refractivity contribution >= 4 is 22.9 Å². The number of halogens is 1. The Kier molecular flexibility index (Phi) is 3.12. The normalized spacial score (nSPS) is 21.5. The van der Waals surface area contributed by atoms with Gasteiger partial charge in [-0.15, -0.1) is 0 Å². The minimum Gasteiger partial charge on any atom is -0.479 e. The predicted molar refractivity (Wildman–Crippen MR) is 75.2 cm³/mol. The van der Waals surface area contributed by atoms with Crippen LogP contribution in [0, 0.1) is 6.92 Å². The zero-order valence-corrected chi connectivity index (χ0v) is 12.2. The molecule has 3 heterocycles. The Hall–Kier alpha value is -2.51. The number of carboxylic acids is 1. The average molecular weight is 306 g/mol. The first-order valence-electron chi connectivity index (χ1n) is 6.83. The second-order valence-corrected chi connectivity index (χ2v) is 5.55. The van der Waals surface area contributed by atoms with Crippen molar-refractivity contribution in [1.29, 1.82) is 0 Å². The molecule has 116 valence electrons. The Labute approximate surface area is 125 Å². The Morgan fingerprint density at radius 1 is 1.45 bits per heavy atom. The number of carbonyl (C=O) groups excluding carboxylic acids is 1. The maximum atomic E-state index is 14.1. The van der Waals surface area contributed by atoms with Gasteiger partial charge in [-0.1, -0.05) is 0 Å². The summed E-state index contributed by atoms with van der Waals surface area (Å²) >= 11 is 0. The van der Waals surface area contributed by atoms with Crippen LogP contribution in [0.3, 0.4) is 0 Å². The molecule has 7 nitrogen and oxygen atoms in total. The van der Waals surface area contributed by atoms with Gasteiger partial charge in [0.15, 0.2) is 5.65 Å². The van der Waals surface area contributed by atoms with Gasteiger partial charge < -0.3 is 10.0 Å². The van der Waals surface area contributed by atoms with Crippen LogP contribution in [0.1, 0.15) is 22.5 Å². The van der Waals surface area contributed by atoms with Crippen molar-refractivity contribution in [2.75, 3.05) is 13.1 Å². The van der Waals surface area contributed by atoms with Crippen LogP contribution in [0.15, 0.2) is 12.3 Å². The lowest BCUT2D eigenvalue weighted by molar-refractivity contribution is -0.149. The molecule has 22 heavy (non-hydrogen) atoms. The van der Waals surface area contributed by atoms with Crippen LogP contribution in [0.25, 0.3) is 11.0 Å². The van der Waals surface area contributed by atoms with Crippen molar-refractivity contribution in [3.63, 3.8) is 0 Å². The molecule has 0 bridgehead atoms. The standard InChI is InChI=1S/C14H15FN4O3/c1-8-10-5-9(6-16-11(10)18(2)17-8)12(20)19-4-3-14(15,7-19)13(21)22/h5-6H,3-4,7H2,1-2H3,(H,21,22). The van der Waals surface area contributed by atoms with E-state index in [4.69, 9.17) is 5.11 Å². The average Bonchev–Trinajstić information content (AvgIpc) is 3.01. The molecule has 1 atom stereocenters. The number of aliphatic carboxylic acids is 1. The summed E-state index contributed by atoms with van der Waals surface area (Å²) in [5, 5.41) is 13.9. The zero-order valence-electron chi connectivity index (χ0n) is 12.2. The van der Waals surface area contributed by atoms with Crippen LogP contribution in [-0.4, -0.2) is 55.4 Å². The van der Waals surface area contributed by atoms with Crippen LogP contribution < -0.4 is 0 Å². The maximum Gasteiger partial charge on any atom is 0.343 e.